The number of aliphatic hydroxyl groups excluding tert-OH is 1. The Balaban J connectivity index is 2.09. The number of hydrogen-bond donors (Lipinski definition) is 2. The van der Waals surface area contributed by atoms with Gasteiger partial charge >= 0.3 is 5.97 Å². The maximum Gasteiger partial charge on any atom is 0.341 e. The first kappa shape index (κ1) is 16.0. The van der Waals surface area contributed by atoms with Gasteiger partial charge in [0, 0.05) is 17.1 Å². The van der Waals surface area contributed by atoms with Crippen molar-refractivity contribution < 1.29 is 24.5 Å². The van der Waals surface area contributed by atoms with Gasteiger partial charge in [-0.1, -0.05) is 11.6 Å². The summed E-state index contributed by atoms with van der Waals surface area (Å²) >= 11 is 5.99. The standard InChI is InChI=1S/C14H18ClNO5/c1-16(11-6-20-7-12(11)17)5-9-4-10(15)2-3-13(9)21-8-14(18)19/h2-4,11-12,17H,5-8H2,1H3,(H,18,19)/t11-,12-/m1/s1. The first-order valence-electron chi connectivity index (χ1n) is 6.56. The molecule has 0 bridgehead atoms. The molecule has 1 aromatic carbocycles. The largest absolute Gasteiger partial charge is 0.482 e. The van der Waals surface area contributed by atoms with Crippen LogP contribution in [-0.4, -0.2) is 60.1 Å². The van der Waals surface area contributed by atoms with Gasteiger partial charge in [-0.25, -0.2) is 4.79 Å². The fraction of sp³-hybridized carbons (Fsp3) is 0.500. The van der Waals surface area contributed by atoms with E-state index < -0.39 is 18.7 Å². The average molecular weight is 316 g/mol. The predicted molar refractivity (Wildman–Crippen MR) is 76.7 cm³/mol. The van der Waals surface area contributed by atoms with Crippen LogP contribution in [0.5, 0.6) is 5.75 Å². The molecule has 2 atom stereocenters. The van der Waals surface area contributed by atoms with Crippen LogP contribution in [0.3, 0.4) is 0 Å². The molecule has 21 heavy (non-hydrogen) atoms. The molecular weight excluding hydrogens is 298 g/mol. The molecule has 1 aliphatic heterocycles. The summed E-state index contributed by atoms with van der Waals surface area (Å²) < 4.78 is 10.5. The smallest absolute Gasteiger partial charge is 0.341 e. The van der Waals surface area contributed by atoms with Crippen LogP contribution in [0, 0.1) is 0 Å². The first-order valence-corrected chi connectivity index (χ1v) is 6.94. The lowest BCUT2D eigenvalue weighted by Crippen LogP contribution is -2.40. The molecule has 0 aliphatic carbocycles. The van der Waals surface area contributed by atoms with Gasteiger partial charge in [-0.2, -0.15) is 0 Å². The van der Waals surface area contributed by atoms with Crippen molar-refractivity contribution in [2.45, 2.75) is 18.7 Å². The Kier molecular flexibility index (Phi) is 5.41. The van der Waals surface area contributed by atoms with E-state index in [-0.39, 0.29) is 6.04 Å². The summed E-state index contributed by atoms with van der Waals surface area (Å²) in [5.41, 5.74) is 0.769. The quantitative estimate of drug-likeness (QED) is 0.815. The molecule has 1 saturated heterocycles. The van der Waals surface area contributed by atoms with Gasteiger partial charge in [0.05, 0.1) is 25.4 Å². The number of carboxylic acid groups (broad SMARTS) is 1. The van der Waals surface area contributed by atoms with Crippen molar-refractivity contribution in [2.75, 3.05) is 26.9 Å². The lowest BCUT2D eigenvalue weighted by Gasteiger charge is -2.26. The van der Waals surface area contributed by atoms with Crippen molar-refractivity contribution in [3.05, 3.63) is 28.8 Å². The van der Waals surface area contributed by atoms with Gasteiger partial charge in [0.2, 0.25) is 0 Å². The van der Waals surface area contributed by atoms with Crippen LogP contribution in [0.4, 0.5) is 0 Å². The number of halogens is 1. The van der Waals surface area contributed by atoms with Gasteiger partial charge in [-0.15, -0.1) is 0 Å². The summed E-state index contributed by atoms with van der Waals surface area (Å²) in [5, 5.41) is 19.1. The number of rotatable bonds is 6. The Bertz CT molecular complexity index is 510. The molecule has 116 valence electrons. The van der Waals surface area contributed by atoms with Gasteiger partial charge in [0.1, 0.15) is 5.75 Å². The summed E-state index contributed by atoms with van der Waals surface area (Å²) in [6.07, 6.45) is -0.530. The highest BCUT2D eigenvalue weighted by atomic mass is 35.5. The second-order valence-corrected chi connectivity index (χ2v) is 5.46. The molecular formula is C14H18ClNO5. The highest BCUT2D eigenvalue weighted by molar-refractivity contribution is 6.30. The minimum atomic E-state index is -1.04. The highest BCUT2D eigenvalue weighted by Crippen LogP contribution is 2.25. The van der Waals surface area contributed by atoms with E-state index in [4.69, 9.17) is 26.2 Å². The predicted octanol–water partition coefficient (Wildman–Crippen LogP) is 0.995. The van der Waals surface area contributed by atoms with Gasteiger partial charge in [0.25, 0.3) is 0 Å². The van der Waals surface area contributed by atoms with Gasteiger partial charge < -0.3 is 19.7 Å². The number of carbonyl (C=O) groups is 1. The van der Waals surface area contributed by atoms with E-state index in [1.165, 1.54) is 0 Å². The second kappa shape index (κ2) is 7.09. The molecule has 0 saturated carbocycles. The molecule has 7 heteroatoms. The minimum Gasteiger partial charge on any atom is -0.482 e. The van der Waals surface area contributed by atoms with E-state index in [0.717, 1.165) is 5.56 Å². The van der Waals surface area contributed by atoms with E-state index in [2.05, 4.69) is 0 Å². The molecule has 2 rings (SSSR count). The van der Waals surface area contributed by atoms with E-state index in [1.807, 2.05) is 11.9 Å². The zero-order chi connectivity index (χ0) is 15.4. The van der Waals surface area contributed by atoms with Crippen LogP contribution in [-0.2, 0) is 16.1 Å². The molecule has 1 fully saturated rings. The summed E-state index contributed by atoms with van der Waals surface area (Å²) in [7, 11) is 1.87. The van der Waals surface area contributed by atoms with Gasteiger partial charge in [0.15, 0.2) is 6.61 Å². The van der Waals surface area contributed by atoms with Crippen molar-refractivity contribution >= 4 is 17.6 Å². The lowest BCUT2D eigenvalue weighted by atomic mass is 10.1. The zero-order valence-electron chi connectivity index (χ0n) is 11.7. The maximum atomic E-state index is 10.6. The normalized spacial score (nSPS) is 21.7. The molecule has 0 spiro atoms. The molecule has 6 nitrogen and oxygen atoms in total. The molecule has 0 radical (unpaired) electrons. The highest BCUT2D eigenvalue weighted by Gasteiger charge is 2.30. The number of likely N-dealkylation sites (N-methyl/N-ethyl adjacent to an activating group) is 1. The number of nitrogens with zero attached hydrogens (tertiary/aromatic N) is 1. The van der Waals surface area contributed by atoms with Gasteiger partial charge in [-0.05, 0) is 25.2 Å². The van der Waals surface area contributed by atoms with E-state index in [9.17, 15) is 9.90 Å². The Morgan fingerprint density at radius 3 is 2.90 bits per heavy atom. The fourth-order valence-corrected chi connectivity index (χ4v) is 2.49. The molecule has 0 amide bonds. The molecule has 0 unspecified atom stereocenters. The molecule has 0 aromatic heterocycles. The van der Waals surface area contributed by atoms with Gasteiger partial charge in [-0.3, -0.25) is 4.90 Å². The van der Waals surface area contributed by atoms with Crippen molar-refractivity contribution in [1.82, 2.24) is 4.90 Å². The van der Waals surface area contributed by atoms with Crippen LogP contribution < -0.4 is 4.74 Å². The molecule has 1 aromatic rings. The number of aliphatic hydroxyl groups is 1. The number of benzene rings is 1. The summed E-state index contributed by atoms with van der Waals surface area (Å²) in [5.74, 6) is -0.564. The third kappa shape index (κ3) is 4.31. The molecule has 1 heterocycles. The summed E-state index contributed by atoms with van der Waals surface area (Å²) in [6, 6.07) is 4.93. The second-order valence-electron chi connectivity index (χ2n) is 5.02. The van der Waals surface area contributed by atoms with Crippen LogP contribution >= 0.6 is 11.6 Å². The summed E-state index contributed by atoms with van der Waals surface area (Å²) in [6.45, 7) is 0.852. The topological polar surface area (TPSA) is 79.2 Å². The number of hydrogen-bond acceptors (Lipinski definition) is 5. The fourth-order valence-electron chi connectivity index (χ4n) is 2.29. The summed E-state index contributed by atoms with van der Waals surface area (Å²) in [4.78, 5) is 12.6. The van der Waals surface area contributed by atoms with E-state index in [1.54, 1.807) is 18.2 Å². The monoisotopic (exact) mass is 315 g/mol. The molecule has 1 aliphatic rings. The van der Waals surface area contributed by atoms with Crippen LogP contribution in [0.2, 0.25) is 5.02 Å². The molecule has 2 N–H and O–H groups in total. The van der Waals surface area contributed by atoms with Crippen molar-refractivity contribution in [1.29, 1.82) is 0 Å². The number of ether oxygens (including phenoxy) is 2. The van der Waals surface area contributed by atoms with Crippen LogP contribution in [0.25, 0.3) is 0 Å². The first-order chi connectivity index (χ1) is 9.97. The van der Waals surface area contributed by atoms with Crippen molar-refractivity contribution in [3.63, 3.8) is 0 Å². The van der Waals surface area contributed by atoms with Crippen LogP contribution in [0.15, 0.2) is 18.2 Å². The maximum absolute atomic E-state index is 10.6. The third-order valence-electron chi connectivity index (χ3n) is 3.38. The Morgan fingerprint density at radius 1 is 1.52 bits per heavy atom. The Labute approximate surface area is 127 Å². The average Bonchev–Trinajstić information content (AvgIpc) is 2.84. The lowest BCUT2D eigenvalue weighted by molar-refractivity contribution is -0.139. The van der Waals surface area contributed by atoms with E-state index >= 15 is 0 Å². The van der Waals surface area contributed by atoms with E-state index in [0.29, 0.717) is 30.5 Å². The Hall–Kier alpha value is -1.34. The Morgan fingerprint density at radius 2 is 2.29 bits per heavy atom. The number of carboxylic acids is 1. The zero-order valence-corrected chi connectivity index (χ0v) is 12.4. The minimum absolute atomic E-state index is 0.101. The SMILES string of the molecule is CN(Cc1cc(Cl)ccc1OCC(=O)O)[C@@H]1COC[C@H]1O. The van der Waals surface area contributed by atoms with Crippen LogP contribution in [0.1, 0.15) is 5.56 Å². The third-order valence-corrected chi connectivity index (χ3v) is 3.62. The number of aliphatic carboxylic acids is 1. The van der Waals surface area contributed by atoms with Crippen molar-refractivity contribution in [2.24, 2.45) is 0 Å². The van der Waals surface area contributed by atoms with Crippen molar-refractivity contribution in [3.8, 4) is 5.75 Å².